The summed E-state index contributed by atoms with van der Waals surface area (Å²) in [5.74, 6) is 1.04. The van der Waals surface area contributed by atoms with Gasteiger partial charge in [-0.3, -0.25) is 0 Å². The number of rotatable bonds is 9. The molecule has 0 aromatic carbocycles. The SMILES string of the molecule is CC(C)=CCC[C@](C)(O[C@@H]1O[C@H](CO[C@@H]2O[C@@H](C)[C@H](O)[C@@H](O)[C@H]2O)[C@@H](O)[C@H](O)[C@H]1O)C1CC[C@]2(C)C1C(O)CC1C3CCC(O)C(C)(C)C3CCC12C. The molecule has 12 heteroatoms. The zero-order chi connectivity index (χ0) is 39.0. The van der Waals surface area contributed by atoms with Gasteiger partial charge in [-0.05, 0) is 131 Å². The van der Waals surface area contributed by atoms with Gasteiger partial charge in [-0.25, -0.2) is 0 Å². The summed E-state index contributed by atoms with van der Waals surface area (Å²) in [5.41, 5.74) is -0.0825. The van der Waals surface area contributed by atoms with Crippen LogP contribution in [0.4, 0.5) is 0 Å². The lowest BCUT2D eigenvalue weighted by Gasteiger charge is -2.67. The van der Waals surface area contributed by atoms with Crippen molar-refractivity contribution in [3.05, 3.63) is 11.6 Å². The molecule has 6 rings (SSSR count). The van der Waals surface area contributed by atoms with Crippen molar-refractivity contribution in [3.63, 3.8) is 0 Å². The molecule has 2 saturated heterocycles. The second kappa shape index (κ2) is 15.2. The van der Waals surface area contributed by atoms with Gasteiger partial charge in [0.05, 0.1) is 30.5 Å². The smallest absolute Gasteiger partial charge is 0.187 e. The summed E-state index contributed by atoms with van der Waals surface area (Å²) >= 11 is 0. The fraction of sp³-hybridized carbons (Fsp3) is 0.951. The molecule has 6 fully saturated rings. The number of aliphatic hydroxyl groups excluding tert-OH is 8. The van der Waals surface area contributed by atoms with E-state index in [2.05, 4.69) is 33.8 Å². The van der Waals surface area contributed by atoms with Crippen LogP contribution in [0.3, 0.4) is 0 Å². The van der Waals surface area contributed by atoms with Gasteiger partial charge < -0.3 is 59.8 Å². The molecule has 0 spiro atoms. The Bertz CT molecular complexity index is 1310. The maximum atomic E-state index is 12.3. The largest absolute Gasteiger partial charge is 0.393 e. The van der Waals surface area contributed by atoms with Gasteiger partial charge in [0.15, 0.2) is 12.6 Å². The Balaban J connectivity index is 1.24. The van der Waals surface area contributed by atoms with Crippen LogP contribution in [-0.4, -0.2) is 127 Å². The third kappa shape index (κ3) is 7.11. The predicted molar refractivity (Wildman–Crippen MR) is 195 cm³/mol. The van der Waals surface area contributed by atoms with Crippen LogP contribution in [-0.2, 0) is 18.9 Å². The minimum atomic E-state index is -1.63. The van der Waals surface area contributed by atoms with Crippen LogP contribution in [0, 0.1) is 45.8 Å². The van der Waals surface area contributed by atoms with Crippen LogP contribution < -0.4 is 0 Å². The lowest BCUT2D eigenvalue weighted by Crippen LogP contribution is -2.64. The van der Waals surface area contributed by atoms with Gasteiger partial charge in [0.1, 0.15) is 42.7 Å². The van der Waals surface area contributed by atoms with E-state index in [1.165, 1.54) is 6.92 Å². The van der Waals surface area contributed by atoms with Crippen molar-refractivity contribution in [3.8, 4) is 0 Å². The van der Waals surface area contributed by atoms with E-state index in [0.29, 0.717) is 37.0 Å². The molecule has 2 heterocycles. The summed E-state index contributed by atoms with van der Waals surface area (Å²) < 4.78 is 24.4. The average Bonchev–Trinajstić information content (AvgIpc) is 3.48. The van der Waals surface area contributed by atoms with Crippen LogP contribution in [0.5, 0.6) is 0 Å². The van der Waals surface area contributed by atoms with Crippen LogP contribution in [0.1, 0.15) is 113 Å². The van der Waals surface area contributed by atoms with Crippen LogP contribution in [0.2, 0.25) is 0 Å². The van der Waals surface area contributed by atoms with E-state index in [1.807, 2.05) is 20.8 Å². The number of allylic oxidation sites excluding steroid dienone is 2. The van der Waals surface area contributed by atoms with Gasteiger partial charge in [-0.2, -0.15) is 0 Å². The highest BCUT2D eigenvalue weighted by molar-refractivity contribution is 5.18. The zero-order valence-electron chi connectivity index (χ0n) is 33.2. The van der Waals surface area contributed by atoms with Gasteiger partial charge >= 0.3 is 0 Å². The first-order valence-electron chi connectivity index (χ1n) is 20.4. The average molecular weight is 755 g/mol. The number of aliphatic hydroxyl groups is 8. The molecule has 8 N–H and O–H groups in total. The summed E-state index contributed by atoms with van der Waals surface area (Å²) in [7, 11) is 0. The van der Waals surface area contributed by atoms with Crippen molar-refractivity contribution in [1.82, 2.24) is 0 Å². The molecule has 4 saturated carbocycles. The highest BCUT2D eigenvalue weighted by atomic mass is 16.7. The third-order valence-corrected chi connectivity index (χ3v) is 16.0. The maximum absolute atomic E-state index is 12.3. The lowest BCUT2D eigenvalue weighted by atomic mass is 9.39. The molecule has 0 radical (unpaired) electrons. The molecule has 0 amide bonds. The molecule has 0 bridgehead atoms. The standard InChI is InChI=1S/C41H70O12/c1-20(2)10-9-15-41(8,53-37-35(49)33(47)31(45)27(52-37)19-50-36-34(48)32(46)30(44)21(3)51-36)24-14-17-40(7)29(24)26(42)18-25-22-11-12-28(43)38(4,5)23(22)13-16-39(25,40)6/h10,21-37,42-49H,9,11-19H2,1-8H3/t21-,22?,23?,24?,25?,26?,27+,28?,29?,30-,31+,32+,33-,34+,35+,36+,37-,39?,40+,41-/m0/s1. The Morgan fingerprint density at radius 1 is 0.755 bits per heavy atom. The number of hydrogen-bond donors (Lipinski definition) is 8. The molecule has 2 aliphatic heterocycles. The van der Waals surface area contributed by atoms with E-state index in [1.54, 1.807) is 0 Å². The van der Waals surface area contributed by atoms with Crippen molar-refractivity contribution in [1.29, 1.82) is 0 Å². The van der Waals surface area contributed by atoms with Gasteiger partial charge in [0.25, 0.3) is 0 Å². The molecule has 306 valence electrons. The van der Waals surface area contributed by atoms with Gasteiger partial charge in [-0.1, -0.05) is 39.3 Å². The van der Waals surface area contributed by atoms with E-state index < -0.39 is 73.1 Å². The first-order valence-corrected chi connectivity index (χ1v) is 20.4. The fourth-order valence-corrected chi connectivity index (χ4v) is 12.5. The molecule has 20 atom stereocenters. The molecule has 6 aliphatic rings. The fourth-order valence-electron chi connectivity index (χ4n) is 12.5. The van der Waals surface area contributed by atoms with Crippen molar-refractivity contribution in [2.45, 2.75) is 192 Å². The van der Waals surface area contributed by atoms with Gasteiger partial charge in [-0.15, -0.1) is 0 Å². The predicted octanol–water partition coefficient (Wildman–Crippen LogP) is 2.79. The van der Waals surface area contributed by atoms with Crippen molar-refractivity contribution in [2.24, 2.45) is 45.8 Å². The maximum Gasteiger partial charge on any atom is 0.187 e. The quantitative estimate of drug-likeness (QED) is 0.161. The van der Waals surface area contributed by atoms with Gasteiger partial charge in [0.2, 0.25) is 0 Å². The van der Waals surface area contributed by atoms with E-state index in [-0.39, 0.29) is 40.8 Å². The van der Waals surface area contributed by atoms with E-state index in [0.717, 1.165) is 44.1 Å². The molecule has 12 nitrogen and oxygen atoms in total. The van der Waals surface area contributed by atoms with Gasteiger partial charge in [0, 0.05) is 0 Å². The Kier molecular flexibility index (Phi) is 12.0. The molecule has 53 heavy (non-hydrogen) atoms. The Morgan fingerprint density at radius 3 is 2.08 bits per heavy atom. The zero-order valence-corrected chi connectivity index (χ0v) is 33.2. The molecule has 8 unspecified atom stereocenters. The minimum absolute atomic E-state index is 0.0114. The first kappa shape index (κ1) is 41.9. The summed E-state index contributed by atoms with van der Waals surface area (Å²) in [6, 6.07) is 0. The first-order chi connectivity index (χ1) is 24.7. The second-order valence-electron chi connectivity index (χ2n) is 19.4. The molecular formula is C41H70O12. The highest BCUT2D eigenvalue weighted by Gasteiger charge is 2.69. The number of fused-ring (bicyclic) bond motifs is 5. The summed E-state index contributed by atoms with van der Waals surface area (Å²) in [5, 5.41) is 87.4. The molecule has 4 aliphatic carbocycles. The van der Waals surface area contributed by atoms with Crippen molar-refractivity contribution < 1.29 is 59.8 Å². The van der Waals surface area contributed by atoms with E-state index >= 15 is 0 Å². The summed E-state index contributed by atoms with van der Waals surface area (Å²) in [6.45, 7) is 16.6. The number of ether oxygens (including phenoxy) is 4. The Labute approximate surface area is 315 Å². The molecule has 0 aromatic rings. The summed E-state index contributed by atoms with van der Waals surface area (Å²) in [4.78, 5) is 0. The Morgan fingerprint density at radius 2 is 1.40 bits per heavy atom. The topological polar surface area (TPSA) is 199 Å². The van der Waals surface area contributed by atoms with Crippen molar-refractivity contribution in [2.75, 3.05) is 6.61 Å². The van der Waals surface area contributed by atoms with Crippen LogP contribution in [0.15, 0.2) is 11.6 Å². The molecular weight excluding hydrogens is 684 g/mol. The number of hydrogen-bond acceptors (Lipinski definition) is 12. The normalized spacial score (nSPS) is 52.1. The van der Waals surface area contributed by atoms with Crippen molar-refractivity contribution >= 4 is 0 Å². The van der Waals surface area contributed by atoms with E-state index in [9.17, 15) is 40.9 Å². The lowest BCUT2D eigenvalue weighted by molar-refractivity contribution is -0.348. The third-order valence-electron chi connectivity index (χ3n) is 16.0. The minimum Gasteiger partial charge on any atom is -0.393 e. The Hall–Kier alpha value is -0.740. The molecule has 0 aromatic heterocycles. The highest BCUT2D eigenvalue weighted by Crippen LogP contribution is 2.73. The second-order valence-corrected chi connectivity index (χ2v) is 19.4. The van der Waals surface area contributed by atoms with Crippen LogP contribution in [0.25, 0.3) is 0 Å². The van der Waals surface area contributed by atoms with Crippen LogP contribution >= 0.6 is 0 Å². The summed E-state index contributed by atoms with van der Waals surface area (Å²) in [6.07, 6.45) is -4.94. The monoisotopic (exact) mass is 754 g/mol. The van der Waals surface area contributed by atoms with E-state index in [4.69, 9.17) is 18.9 Å².